The fraction of sp³-hybridized carbons (Fsp3) is 0.476. The maximum Gasteiger partial charge on any atom is 0.274 e. The maximum atomic E-state index is 12.6. The highest BCUT2D eigenvalue weighted by atomic mass is 16.5. The number of ether oxygens (including phenoxy) is 2. The minimum atomic E-state index is -0.274. The standard InChI is InChI=1S/C21H29N5O3/c1-15(2)29-18-6-4-17(5-7-18)25-21(27)19-14-20(24-16(3)23-19)22-8-9-26-10-12-28-13-11-26/h4-7,14-15H,8-13H2,1-3H3,(H,25,27)(H,22,23,24). The van der Waals surface area contributed by atoms with E-state index in [1.807, 2.05) is 38.1 Å². The summed E-state index contributed by atoms with van der Waals surface area (Å²) in [6.45, 7) is 10.8. The molecular weight excluding hydrogens is 370 g/mol. The van der Waals surface area contributed by atoms with E-state index in [2.05, 4.69) is 25.5 Å². The van der Waals surface area contributed by atoms with Gasteiger partial charge in [-0.05, 0) is 45.0 Å². The van der Waals surface area contributed by atoms with Crippen LogP contribution in [-0.2, 0) is 4.74 Å². The van der Waals surface area contributed by atoms with E-state index in [1.165, 1.54) is 0 Å². The summed E-state index contributed by atoms with van der Waals surface area (Å²) >= 11 is 0. The second kappa shape index (κ2) is 10.2. The van der Waals surface area contributed by atoms with Gasteiger partial charge < -0.3 is 20.1 Å². The lowest BCUT2D eigenvalue weighted by Crippen LogP contribution is -2.39. The summed E-state index contributed by atoms with van der Waals surface area (Å²) in [6, 6.07) is 8.97. The zero-order valence-corrected chi connectivity index (χ0v) is 17.3. The van der Waals surface area contributed by atoms with Crippen LogP contribution in [0.3, 0.4) is 0 Å². The molecular formula is C21H29N5O3. The number of rotatable bonds is 8. The van der Waals surface area contributed by atoms with Crippen molar-refractivity contribution in [2.24, 2.45) is 0 Å². The molecule has 156 valence electrons. The molecule has 0 aliphatic carbocycles. The van der Waals surface area contributed by atoms with Gasteiger partial charge in [0, 0.05) is 37.9 Å². The van der Waals surface area contributed by atoms with Crippen LogP contribution in [0.2, 0.25) is 0 Å². The van der Waals surface area contributed by atoms with Gasteiger partial charge in [0.05, 0.1) is 19.3 Å². The Balaban J connectivity index is 1.57. The summed E-state index contributed by atoms with van der Waals surface area (Å²) < 4.78 is 11.0. The van der Waals surface area contributed by atoms with Crippen LogP contribution < -0.4 is 15.4 Å². The fourth-order valence-electron chi connectivity index (χ4n) is 3.03. The molecule has 1 saturated heterocycles. The Labute approximate surface area is 171 Å². The minimum absolute atomic E-state index is 0.105. The number of aromatic nitrogens is 2. The van der Waals surface area contributed by atoms with Crippen molar-refractivity contribution in [3.8, 4) is 5.75 Å². The summed E-state index contributed by atoms with van der Waals surface area (Å²) in [5.41, 5.74) is 1.01. The Morgan fingerprint density at radius 2 is 1.93 bits per heavy atom. The molecule has 1 aromatic carbocycles. The maximum absolute atomic E-state index is 12.6. The van der Waals surface area contributed by atoms with Crippen LogP contribution in [0.5, 0.6) is 5.75 Å². The molecule has 8 nitrogen and oxygen atoms in total. The van der Waals surface area contributed by atoms with E-state index >= 15 is 0 Å². The van der Waals surface area contributed by atoms with E-state index in [1.54, 1.807) is 13.0 Å². The lowest BCUT2D eigenvalue weighted by atomic mass is 10.2. The number of amides is 1. The quantitative estimate of drug-likeness (QED) is 0.705. The largest absolute Gasteiger partial charge is 0.491 e. The molecule has 0 bridgehead atoms. The van der Waals surface area contributed by atoms with Gasteiger partial charge in [-0.15, -0.1) is 0 Å². The van der Waals surface area contributed by atoms with Crippen molar-refractivity contribution < 1.29 is 14.3 Å². The predicted octanol–water partition coefficient (Wildman–Crippen LogP) is 2.57. The van der Waals surface area contributed by atoms with Crippen LogP contribution in [-0.4, -0.2) is 66.3 Å². The smallest absolute Gasteiger partial charge is 0.274 e. The molecule has 2 heterocycles. The SMILES string of the molecule is Cc1nc(NCCN2CCOCC2)cc(C(=O)Nc2ccc(OC(C)C)cc2)n1. The number of nitrogens with zero attached hydrogens (tertiary/aromatic N) is 3. The molecule has 1 fully saturated rings. The molecule has 3 rings (SSSR count). The molecule has 0 atom stereocenters. The minimum Gasteiger partial charge on any atom is -0.491 e. The normalized spacial score (nSPS) is 14.6. The summed E-state index contributed by atoms with van der Waals surface area (Å²) in [5.74, 6) is 1.69. The van der Waals surface area contributed by atoms with Gasteiger partial charge in [-0.2, -0.15) is 0 Å². The highest BCUT2D eigenvalue weighted by Crippen LogP contribution is 2.18. The summed E-state index contributed by atoms with van der Waals surface area (Å²) in [6.07, 6.45) is 0.105. The number of hydrogen-bond acceptors (Lipinski definition) is 7. The van der Waals surface area contributed by atoms with Gasteiger partial charge >= 0.3 is 0 Å². The van der Waals surface area contributed by atoms with Crippen LogP contribution in [0.1, 0.15) is 30.2 Å². The second-order valence-corrected chi connectivity index (χ2v) is 7.21. The Bertz CT molecular complexity index is 804. The highest BCUT2D eigenvalue weighted by molar-refractivity contribution is 6.03. The third-order valence-electron chi connectivity index (χ3n) is 4.39. The van der Waals surface area contributed by atoms with Gasteiger partial charge in [-0.3, -0.25) is 9.69 Å². The first-order valence-electron chi connectivity index (χ1n) is 9.97. The third-order valence-corrected chi connectivity index (χ3v) is 4.39. The molecule has 2 aromatic rings. The molecule has 1 aliphatic heterocycles. The molecule has 2 N–H and O–H groups in total. The van der Waals surface area contributed by atoms with Gasteiger partial charge in [0.1, 0.15) is 23.1 Å². The van der Waals surface area contributed by atoms with Crippen molar-refractivity contribution in [2.75, 3.05) is 50.0 Å². The van der Waals surface area contributed by atoms with Gasteiger partial charge in [-0.1, -0.05) is 0 Å². The van der Waals surface area contributed by atoms with Crippen molar-refractivity contribution in [2.45, 2.75) is 26.9 Å². The Morgan fingerprint density at radius 1 is 1.21 bits per heavy atom. The zero-order chi connectivity index (χ0) is 20.6. The van der Waals surface area contributed by atoms with E-state index in [4.69, 9.17) is 9.47 Å². The number of hydrogen-bond donors (Lipinski definition) is 2. The van der Waals surface area contributed by atoms with Gasteiger partial charge in [0.25, 0.3) is 5.91 Å². The van der Waals surface area contributed by atoms with Crippen LogP contribution in [0.15, 0.2) is 30.3 Å². The van der Waals surface area contributed by atoms with Crippen LogP contribution >= 0.6 is 0 Å². The van der Waals surface area contributed by atoms with Gasteiger partial charge in [0.2, 0.25) is 0 Å². The molecule has 8 heteroatoms. The number of benzene rings is 1. The summed E-state index contributed by atoms with van der Waals surface area (Å²) in [7, 11) is 0. The summed E-state index contributed by atoms with van der Waals surface area (Å²) in [5, 5.41) is 6.15. The second-order valence-electron chi connectivity index (χ2n) is 7.21. The molecule has 29 heavy (non-hydrogen) atoms. The molecule has 0 unspecified atom stereocenters. The van der Waals surface area contributed by atoms with Crippen molar-refractivity contribution in [3.63, 3.8) is 0 Å². The third kappa shape index (κ3) is 6.69. The number of morpholine rings is 1. The first-order chi connectivity index (χ1) is 14.0. The van der Waals surface area contributed by atoms with Crippen LogP contribution in [0, 0.1) is 6.92 Å². The fourth-order valence-corrected chi connectivity index (χ4v) is 3.03. The van der Waals surface area contributed by atoms with E-state index in [9.17, 15) is 4.79 Å². The van der Waals surface area contributed by atoms with Crippen molar-refractivity contribution >= 4 is 17.4 Å². The van der Waals surface area contributed by atoms with Crippen LogP contribution in [0.4, 0.5) is 11.5 Å². The predicted molar refractivity (Wildman–Crippen MR) is 113 cm³/mol. The number of nitrogens with one attached hydrogen (secondary N) is 2. The van der Waals surface area contributed by atoms with Crippen molar-refractivity contribution in [1.82, 2.24) is 14.9 Å². The first-order valence-corrected chi connectivity index (χ1v) is 9.97. The Morgan fingerprint density at radius 3 is 2.62 bits per heavy atom. The van der Waals surface area contributed by atoms with Crippen molar-refractivity contribution in [1.29, 1.82) is 0 Å². The molecule has 1 aromatic heterocycles. The molecule has 1 amide bonds. The van der Waals surface area contributed by atoms with E-state index in [0.29, 0.717) is 23.0 Å². The Hall–Kier alpha value is -2.71. The van der Waals surface area contributed by atoms with E-state index < -0.39 is 0 Å². The monoisotopic (exact) mass is 399 g/mol. The number of carbonyl (C=O) groups excluding carboxylic acids is 1. The van der Waals surface area contributed by atoms with Gasteiger partial charge in [-0.25, -0.2) is 9.97 Å². The molecule has 1 aliphatic rings. The lowest BCUT2D eigenvalue weighted by Gasteiger charge is -2.26. The molecule has 0 radical (unpaired) electrons. The van der Waals surface area contributed by atoms with E-state index in [0.717, 1.165) is 45.1 Å². The van der Waals surface area contributed by atoms with E-state index in [-0.39, 0.29) is 12.0 Å². The number of anilines is 2. The highest BCUT2D eigenvalue weighted by Gasteiger charge is 2.13. The summed E-state index contributed by atoms with van der Waals surface area (Å²) in [4.78, 5) is 23.6. The topological polar surface area (TPSA) is 88.6 Å². The average Bonchev–Trinajstić information content (AvgIpc) is 2.69. The Kier molecular flexibility index (Phi) is 7.37. The van der Waals surface area contributed by atoms with Gasteiger partial charge in [0.15, 0.2) is 0 Å². The average molecular weight is 399 g/mol. The number of aryl methyl sites for hydroxylation is 1. The lowest BCUT2D eigenvalue weighted by molar-refractivity contribution is 0.0398. The molecule has 0 saturated carbocycles. The van der Waals surface area contributed by atoms with Crippen molar-refractivity contribution in [3.05, 3.63) is 41.9 Å². The van der Waals surface area contributed by atoms with Crippen LogP contribution in [0.25, 0.3) is 0 Å². The zero-order valence-electron chi connectivity index (χ0n) is 17.3. The number of carbonyl (C=O) groups is 1. The first kappa shape index (κ1) is 21.0. The molecule has 0 spiro atoms.